The van der Waals surface area contributed by atoms with Crippen LogP contribution >= 0.6 is 0 Å². The van der Waals surface area contributed by atoms with Crippen LogP contribution in [0.2, 0.25) is 0 Å². The lowest BCUT2D eigenvalue weighted by atomic mass is 10.1. The maximum Gasteiger partial charge on any atom is 0.266 e. The molecule has 0 spiro atoms. The van der Waals surface area contributed by atoms with Crippen molar-refractivity contribution in [3.05, 3.63) is 69.8 Å². The summed E-state index contributed by atoms with van der Waals surface area (Å²) in [4.78, 5) is 12.3. The quantitative estimate of drug-likeness (QED) is 0.688. The van der Waals surface area contributed by atoms with Crippen LogP contribution in [0.3, 0.4) is 0 Å². The summed E-state index contributed by atoms with van der Waals surface area (Å²) in [5, 5.41) is 8.29. The zero-order chi connectivity index (χ0) is 19.6. The van der Waals surface area contributed by atoms with Crippen LogP contribution in [0, 0.1) is 20.8 Å². The molecule has 0 fully saturated rings. The molecule has 0 amide bonds. The van der Waals surface area contributed by atoms with Gasteiger partial charge in [-0.3, -0.25) is 4.79 Å². The minimum atomic E-state index is -3.69. The summed E-state index contributed by atoms with van der Waals surface area (Å²) in [7, 11) is -3.69. The summed E-state index contributed by atoms with van der Waals surface area (Å²) >= 11 is 0. The van der Waals surface area contributed by atoms with E-state index < -0.39 is 10.0 Å². The van der Waals surface area contributed by atoms with Gasteiger partial charge in [-0.15, -0.1) is 5.10 Å². The first-order valence-corrected chi connectivity index (χ1v) is 9.92. The van der Waals surface area contributed by atoms with Gasteiger partial charge in [-0.1, -0.05) is 17.7 Å². The van der Waals surface area contributed by atoms with E-state index in [-0.39, 0.29) is 23.5 Å². The van der Waals surface area contributed by atoms with Gasteiger partial charge >= 0.3 is 0 Å². The van der Waals surface area contributed by atoms with Crippen molar-refractivity contribution in [1.29, 1.82) is 0 Å². The van der Waals surface area contributed by atoms with Gasteiger partial charge in [0.05, 0.1) is 11.4 Å². The van der Waals surface area contributed by atoms with Gasteiger partial charge in [-0.25, -0.2) is 22.5 Å². The SMILES string of the molecule is Cc1cc(C)c(S(=O)(=O)NCCn2nc(-n3cccn3)ccc2=O)c(C)c1. The Morgan fingerprint density at radius 2 is 1.81 bits per heavy atom. The number of benzene rings is 1. The third-order valence-electron chi connectivity index (χ3n) is 4.08. The molecule has 9 heteroatoms. The molecule has 1 aromatic carbocycles. The second-order valence-electron chi connectivity index (χ2n) is 6.33. The maximum absolute atomic E-state index is 12.7. The fourth-order valence-electron chi connectivity index (χ4n) is 3.07. The van der Waals surface area contributed by atoms with Crippen LogP contribution in [0.5, 0.6) is 0 Å². The third-order valence-corrected chi connectivity index (χ3v) is 5.85. The smallest absolute Gasteiger partial charge is 0.266 e. The van der Waals surface area contributed by atoms with Crippen molar-refractivity contribution in [3.8, 4) is 5.82 Å². The van der Waals surface area contributed by atoms with E-state index in [4.69, 9.17) is 0 Å². The molecule has 2 heterocycles. The van der Waals surface area contributed by atoms with Crippen LogP contribution in [0.25, 0.3) is 5.82 Å². The highest BCUT2D eigenvalue weighted by Gasteiger charge is 2.19. The fraction of sp³-hybridized carbons (Fsp3) is 0.278. The topological polar surface area (TPSA) is 98.9 Å². The van der Waals surface area contributed by atoms with E-state index in [1.165, 1.54) is 15.4 Å². The predicted octanol–water partition coefficient (Wildman–Crippen LogP) is 1.33. The molecule has 0 unspecified atom stereocenters. The number of nitrogens with one attached hydrogen (secondary N) is 1. The van der Waals surface area contributed by atoms with Crippen molar-refractivity contribution in [2.24, 2.45) is 0 Å². The molecular weight excluding hydrogens is 366 g/mol. The molecule has 0 aliphatic rings. The average Bonchev–Trinajstić information content (AvgIpc) is 3.09. The van der Waals surface area contributed by atoms with Gasteiger partial charge in [-0.2, -0.15) is 5.10 Å². The minimum absolute atomic E-state index is 0.0462. The molecule has 27 heavy (non-hydrogen) atoms. The van der Waals surface area contributed by atoms with Crippen LogP contribution < -0.4 is 10.3 Å². The summed E-state index contributed by atoms with van der Waals surface area (Å²) in [5.41, 5.74) is 2.08. The normalized spacial score (nSPS) is 11.7. The summed E-state index contributed by atoms with van der Waals surface area (Å²) in [5.74, 6) is 0.479. The first kappa shape index (κ1) is 19.0. The van der Waals surface area contributed by atoms with E-state index in [1.807, 2.05) is 19.1 Å². The van der Waals surface area contributed by atoms with Crippen molar-refractivity contribution in [1.82, 2.24) is 24.3 Å². The number of aromatic nitrogens is 4. The Balaban J connectivity index is 1.77. The third kappa shape index (κ3) is 4.15. The molecule has 2 aromatic heterocycles. The van der Waals surface area contributed by atoms with E-state index in [1.54, 1.807) is 38.4 Å². The lowest BCUT2D eigenvalue weighted by Crippen LogP contribution is -2.33. The van der Waals surface area contributed by atoms with Gasteiger partial charge in [0.25, 0.3) is 5.56 Å². The first-order chi connectivity index (χ1) is 12.8. The highest BCUT2D eigenvalue weighted by molar-refractivity contribution is 7.89. The number of hydrogen-bond acceptors (Lipinski definition) is 5. The largest absolute Gasteiger partial charge is 0.268 e. The van der Waals surface area contributed by atoms with E-state index in [2.05, 4.69) is 14.9 Å². The van der Waals surface area contributed by atoms with Crippen LogP contribution in [0.4, 0.5) is 0 Å². The Morgan fingerprint density at radius 1 is 1.11 bits per heavy atom. The lowest BCUT2D eigenvalue weighted by Gasteiger charge is -2.13. The van der Waals surface area contributed by atoms with Gasteiger partial charge in [0.2, 0.25) is 10.0 Å². The molecule has 8 nitrogen and oxygen atoms in total. The van der Waals surface area contributed by atoms with Gasteiger partial charge in [0.15, 0.2) is 5.82 Å². The zero-order valence-electron chi connectivity index (χ0n) is 15.4. The van der Waals surface area contributed by atoms with E-state index >= 15 is 0 Å². The van der Waals surface area contributed by atoms with Crippen LogP contribution in [0.15, 0.2) is 52.4 Å². The molecule has 3 rings (SSSR count). The number of sulfonamides is 1. The summed E-state index contributed by atoms with van der Waals surface area (Å²) in [6, 6.07) is 8.36. The molecule has 142 valence electrons. The highest BCUT2D eigenvalue weighted by Crippen LogP contribution is 2.21. The van der Waals surface area contributed by atoms with Crippen molar-refractivity contribution in [2.45, 2.75) is 32.2 Å². The number of hydrogen-bond donors (Lipinski definition) is 1. The summed E-state index contributed by atoms with van der Waals surface area (Å²) in [6.07, 6.45) is 3.32. The molecule has 0 bridgehead atoms. The number of rotatable bonds is 6. The summed E-state index contributed by atoms with van der Waals surface area (Å²) in [6.45, 7) is 5.62. The van der Waals surface area contributed by atoms with Gasteiger partial charge < -0.3 is 0 Å². The van der Waals surface area contributed by atoms with E-state index in [0.717, 1.165) is 5.56 Å². The number of aryl methyl sites for hydroxylation is 3. The minimum Gasteiger partial charge on any atom is -0.268 e. The molecule has 0 saturated carbocycles. The second-order valence-corrected chi connectivity index (χ2v) is 8.03. The van der Waals surface area contributed by atoms with E-state index in [9.17, 15) is 13.2 Å². The first-order valence-electron chi connectivity index (χ1n) is 8.43. The molecule has 0 radical (unpaired) electrons. The number of nitrogens with zero attached hydrogens (tertiary/aromatic N) is 4. The summed E-state index contributed by atoms with van der Waals surface area (Å²) < 4.78 is 30.7. The Morgan fingerprint density at radius 3 is 2.44 bits per heavy atom. The Bertz CT molecular complexity index is 1100. The maximum atomic E-state index is 12.7. The average molecular weight is 387 g/mol. The molecular formula is C18H21N5O3S. The molecule has 0 aliphatic carbocycles. The zero-order valence-corrected chi connectivity index (χ0v) is 16.2. The highest BCUT2D eigenvalue weighted by atomic mass is 32.2. The fourth-order valence-corrected chi connectivity index (χ4v) is 4.54. The van der Waals surface area contributed by atoms with Crippen molar-refractivity contribution in [2.75, 3.05) is 6.54 Å². The molecule has 1 N–H and O–H groups in total. The van der Waals surface area contributed by atoms with Gasteiger partial charge in [-0.05, 0) is 44.0 Å². The Kier molecular flexibility index (Phi) is 5.24. The van der Waals surface area contributed by atoms with Crippen molar-refractivity contribution < 1.29 is 8.42 Å². The van der Waals surface area contributed by atoms with Crippen LogP contribution in [0.1, 0.15) is 16.7 Å². The van der Waals surface area contributed by atoms with Gasteiger partial charge in [0.1, 0.15) is 0 Å². The molecule has 3 aromatic rings. The molecule has 0 aliphatic heterocycles. The van der Waals surface area contributed by atoms with Crippen LogP contribution in [-0.4, -0.2) is 34.5 Å². The van der Waals surface area contributed by atoms with Gasteiger partial charge in [0, 0.05) is 25.0 Å². The lowest BCUT2D eigenvalue weighted by molar-refractivity contribution is 0.541. The standard InChI is InChI=1S/C18H21N5O3S/c1-13-11-14(2)18(15(3)12-13)27(25,26)20-8-10-23-17(24)6-5-16(21-23)22-9-4-7-19-22/h4-7,9,11-12,20H,8,10H2,1-3H3. The van der Waals surface area contributed by atoms with E-state index in [0.29, 0.717) is 16.9 Å². The predicted molar refractivity (Wildman–Crippen MR) is 101 cm³/mol. The van der Waals surface area contributed by atoms with Crippen molar-refractivity contribution in [3.63, 3.8) is 0 Å². The monoisotopic (exact) mass is 387 g/mol. The Labute approximate surface area is 157 Å². The molecule has 0 atom stereocenters. The Hall–Kier alpha value is -2.78. The second kappa shape index (κ2) is 7.45. The van der Waals surface area contributed by atoms with Crippen LogP contribution in [-0.2, 0) is 16.6 Å². The molecule has 0 saturated heterocycles. The van der Waals surface area contributed by atoms with Crippen molar-refractivity contribution >= 4 is 10.0 Å².